The van der Waals surface area contributed by atoms with Crippen molar-refractivity contribution in [2.75, 3.05) is 6.61 Å². The van der Waals surface area contributed by atoms with E-state index < -0.39 is 17.8 Å². The number of halogens is 1. The molecule has 0 atom stereocenters. The van der Waals surface area contributed by atoms with Crippen molar-refractivity contribution in [3.05, 3.63) is 46.3 Å². The summed E-state index contributed by atoms with van der Waals surface area (Å²) in [5.74, 6) is -1.78. The molecule has 136 valence electrons. The molecule has 0 saturated heterocycles. The zero-order chi connectivity index (χ0) is 19.1. The first-order chi connectivity index (χ1) is 12.4. The van der Waals surface area contributed by atoms with E-state index in [1.54, 1.807) is 6.92 Å². The first kappa shape index (κ1) is 19.8. The molecule has 0 unspecified atom stereocenters. The standard InChI is InChI=1S/C16H14ClN3O4S2/c1-2-24-12(22)8-7-11(21)18-16(25)20-19-15(23)14-13(17)9-5-3-4-6-10(9)26-14/h3-8H,2H2,1H3,(H,19,23)(H2,18,20,21,25). The Morgan fingerprint density at radius 3 is 2.65 bits per heavy atom. The van der Waals surface area contributed by atoms with Crippen molar-refractivity contribution < 1.29 is 19.1 Å². The maximum absolute atomic E-state index is 12.2. The van der Waals surface area contributed by atoms with Crippen LogP contribution in [0.3, 0.4) is 0 Å². The van der Waals surface area contributed by atoms with Gasteiger partial charge in [0, 0.05) is 22.2 Å². The molecule has 0 bridgehead atoms. The fourth-order valence-electron chi connectivity index (χ4n) is 1.85. The van der Waals surface area contributed by atoms with Crippen LogP contribution in [0.2, 0.25) is 5.02 Å². The lowest BCUT2D eigenvalue weighted by Crippen LogP contribution is -2.48. The van der Waals surface area contributed by atoms with Gasteiger partial charge in [0.25, 0.3) is 5.91 Å². The van der Waals surface area contributed by atoms with Gasteiger partial charge in [-0.2, -0.15) is 0 Å². The van der Waals surface area contributed by atoms with Crippen LogP contribution in [0.5, 0.6) is 0 Å². The van der Waals surface area contributed by atoms with Gasteiger partial charge in [-0.05, 0) is 25.2 Å². The van der Waals surface area contributed by atoms with Gasteiger partial charge in [-0.25, -0.2) is 4.79 Å². The molecule has 3 N–H and O–H groups in total. The zero-order valence-corrected chi connectivity index (χ0v) is 15.9. The summed E-state index contributed by atoms with van der Waals surface area (Å²) in [7, 11) is 0. The topological polar surface area (TPSA) is 96.5 Å². The summed E-state index contributed by atoms with van der Waals surface area (Å²) < 4.78 is 5.52. The van der Waals surface area contributed by atoms with Gasteiger partial charge in [0.1, 0.15) is 4.88 Å². The third-order valence-electron chi connectivity index (χ3n) is 2.92. The zero-order valence-electron chi connectivity index (χ0n) is 13.5. The number of benzene rings is 1. The maximum Gasteiger partial charge on any atom is 0.330 e. The Balaban J connectivity index is 1.88. The smallest absolute Gasteiger partial charge is 0.330 e. The molecule has 2 amide bonds. The lowest BCUT2D eigenvalue weighted by Gasteiger charge is -2.09. The van der Waals surface area contributed by atoms with E-state index in [4.69, 9.17) is 23.8 Å². The molecule has 0 aliphatic rings. The monoisotopic (exact) mass is 411 g/mol. The van der Waals surface area contributed by atoms with Gasteiger partial charge in [0.2, 0.25) is 5.91 Å². The Morgan fingerprint density at radius 1 is 1.23 bits per heavy atom. The molecule has 2 aromatic rings. The van der Waals surface area contributed by atoms with Crippen molar-refractivity contribution in [3.8, 4) is 0 Å². The summed E-state index contributed by atoms with van der Waals surface area (Å²) in [5.41, 5.74) is 4.75. The highest BCUT2D eigenvalue weighted by Gasteiger charge is 2.17. The summed E-state index contributed by atoms with van der Waals surface area (Å²) in [5, 5.41) is 3.25. The van der Waals surface area contributed by atoms with Gasteiger partial charge in [-0.1, -0.05) is 29.8 Å². The van der Waals surface area contributed by atoms with E-state index in [0.717, 1.165) is 22.2 Å². The molecule has 0 fully saturated rings. The third kappa shape index (κ3) is 5.25. The van der Waals surface area contributed by atoms with Gasteiger partial charge in [-0.3, -0.25) is 25.8 Å². The number of esters is 1. The number of carbonyl (C=O) groups excluding carboxylic acids is 3. The Bertz CT molecular complexity index is 895. The molecule has 0 aliphatic carbocycles. The van der Waals surface area contributed by atoms with Crippen LogP contribution in [0, 0.1) is 0 Å². The van der Waals surface area contributed by atoms with Gasteiger partial charge in [0.05, 0.1) is 11.6 Å². The molecule has 1 heterocycles. The number of nitrogens with one attached hydrogen (secondary N) is 3. The Hall–Kier alpha value is -2.49. The molecule has 26 heavy (non-hydrogen) atoms. The normalized spacial score (nSPS) is 10.5. The number of carbonyl (C=O) groups is 3. The van der Waals surface area contributed by atoms with Crippen molar-refractivity contribution in [3.63, 3.8) is 0 Å². The Labute approximate surface area is 163 Å². The highest BCUT2D eigenvalue weighted by atomic mass is 35.5. The summed E-state index contributed by atoms with van der Waals surface area (Å²) >= 11 is 12.3. The number of thiocarbonyl (C=S) groups is 1. The molecule has 2 rings (SSSR count). The van der Waals surface area contributed by atoms with E-state index in [1.807, 2.05) is 24.3 Å². The number of ether oxygens (including phenoxy) is 1. The second kappa shape index (κ2) is 9.27. The second-order valence-corrected chi connectivity index (χ2v) is 6.56. The Kier molecular flexibility index (Phi) is 7.07. The number of amides is 2. The van der Waals surface area contributed by atoms with Crippen LogP contribution >= 0.6 is 35.2 Å². The van der Waals surface area contributed by atoms with Gasteiger partial charge in [0.15, 0.2) is 5.11 Å². The Morgan fingerprint density at radius 2 is 1.96 bits per heavy atom. The quantitative estimate of drug-likeness (QED) is 0.309. The van der Waals surface area contributed by atoms with E-state index >= 15 is 0 Å². The van der Waals surface area contributed by atoms with E-state index in [1.165, 1.54) is 11.3 Å². The summed E-state index contributed by atoms with van der Waals surface area (Å²) in [6, 6.07) is 7.36. The minimum Gasteiger partial charge on any atom is -0.463 e. The van der Waals surface area contributed by atoms with Crippen molar-refractivity contribution in [2.45, 2.75) is 6.92 Å². The average Bonchev–Trinajstić information content (AvgIpc) is 2.95. The molecule has 0 aliphatic heterocycles. The molecule has 10 heteroatoms. The molecular weight excluding hydrogens is 398 g/mol. The van der Waals surface area contributed by atoms with E-state index in [2.05, 4.69) is 20.9 Å². The average molecular weight is 412 g/mol. The molecule has 0 spiro atoms. The van der Waals surface area contributed by atoms with Crippen molar-refractivity contribution in [1.82, 2.24) is 16.2 Å². The van der Waals surface area contributed by atoms with Crippen LogP contribution in [-0.4, -0.2) is 29.5 Å². The summed E-state index contributed by atoms with van der Waals surface area (Å²) in [4.78, 5) is 35.2. The molecule has 7 nitrogen and oxygen atoms in total. The van der Waals surface area contributed by atoms with E-state index in [9.17, 15) is 14.4 Å². The minimum atomic E-state index is -0.648. The van der Waals surface area contributed by atoms with Crippen LogP contribution in [-0.2, 0) is 14.3 Å². The number of hydrogen-bond acceptors (Lipinski definition) is 6. The van der Waals surface area contributed by atoms with E-state index in [-0.39, 0.29) is 11.7 Å². The summed E-state index contributed by atoms with van der Waals surface area (Å²) in [6.45, 7) is 1.85. The number of hydrogen-bond donors (Lipinski definition) is 3. The van der Waals surface area contributed by atoms with Gasteiger partial charge in [-0.15, -0.1) is 11.3 Å². The van der Waals surface area contributed by atoms with Crippen LogP contribution in [0.25, 0.3) is 10.1 Å². The second-order valence-electron chi connectivity index (χ2n) is 4.72. The van der Waals surface area contributed by atoms with Crippen molar-refractivity contribution in [1.29, 1.82) is 0 Å². The van der Waals surface area contributed by atoms with Crippen molar-refractivity contribution in [2.24, 2.45) is 0 Å². The fourth-order valence-corrected chi connectivity index (χ4v) is 3.41. The minimum absolute atomic E-state index is 0.144. The van der Waals surface area contributed by atoms with E-state index in [0.29, 0.717) is 9.90 Å². The highest BCUT2D eigenvalue weighted by Crippen LogP contribution is 2.34. The fraction of sp³-hybridized carbons (Fsp3) is 0.125. The number of rotatable bonds is 4. The largest absolute Gasteiger partial charge is 0.463 e. The SMILES string of the molecule is CCOC(=O)C=CC(=O)NC(=S)NNC(=O)c1sc2ccccc2c1Cl. The predicted molar refractivity (Wildman–Crippen MR) is 104 cm³/mol. The molecular formula is C16H14ClN3O4S2. The number of thiophene rings is 1. The van der Waals surface area contributed by atoms with Crippen LogP contribution in [0.15, 0.2) is 36.4 Å². The molecule has 1 aromatic heterocycles. The van der Waals surface area contributed by atoms with Gasteiger partial charge < -0.3 is 4.74 Å². The van der Waals surface area contributed by atoms with Gasteiger partial charge >= 0.3 is 5.97 Å². The predicted octanol–water partition coefficient (Wildman–Crippen LogP) is 2.31. The van der Waals surface area contributed by atoms with Crippen LogP contribution in [0.4, 0.5) is 0 Å². The number of hydrazine groups is 1. The highest BCUT2D eigenvalue weighted by molar-refractivity contribution is 7.80. The third-order valence-corrected chi connectivity index (χ3v) is 4.80. The lowest BCUT2D eigenvalue weighted by molar-refractivity contribution is -0.137. The van der Waals surface area contributed by atoms with Crippen molar-refractivity contribution >= 4 is 68.1 Å². The van der Waals surface area contributed by atoms with Crippen LogP contribution < -0.4 is 16.2 Å². The first-order valence-electron chi connectivity index (χ1n) is 7.35. The maximum atomic E-state index is 12.2. The lowest BCUT2D eigenvalue weighted by atomic mass is 10.2. The summed E-state index contributed by atoms with van der Waals surface area (Å²) in [6.07, 6.45) is 1.94. The van der Waals surface area contributed by atoms with Crippen LogP contribution in [0.1, 0.15) is 16.6 Å². The number of fused-ring (bicyclic) bond motifs is 1. The molecule has 0 saturated carbocycles. The molecule has 1 aromatic carbocycles. The molecule has 0 radical (unpaired) electrons. The first-order valence-corrected chi connectivity index (χ1v) is 8.95.